The molecular weight excluding hydrogens is 379 g/mol. The van der Waals surface area contributed by atoms with Crippen molar-refractivity contribution in [1.29, 1.82) is 0 Å². The summed E-state index contributed by atoms with van der Waals surface area (Å²) in [6.07, 6.45) is 0.378. The Morgan fingerprint density at radius 1 is 1.33 bits per heavy atom. The van der Waals surface area contributed by atoms with Crippen LogP contribution in [0.1, 0.15) is 20.3 Å². The average Bonchev–Trinajstić information content (AvgIpc) is 2.45. The summed E-state index contributed by atoms with van der Waals surface area (Å²) in [4.78, 5) is 17.8. The minimum atomic E-state index is 0. The van der Waals surface area contributed by atoms with Gasteiger partial charge < -0.3 is 16.0 Å². The highest BCUT2D eigenvalue weighted by Gasteiger charge is 2.09. The summed E-state index contributed by atoms with van der Waals surface area (Å²) >= 11 is 0. The standard InChI is InChI=1S/C15H24N4O.HI/c1-12(2)11-18-15(16)17-10-9-14(20)19(3)13-7-5-4-6-8-13;/h4-8,12H,9-11H2,1-3H3,(H3,16,17,18);1H. The molecule has 5 nitrogen and oxygen atoms in total. The maximum atomic E-state index is 12.0. The molecule has 0 unspecified atom stereocenters. The molecule has 1 aromatic rings. The Hall–Kier alpha value is -1.31. The van der Waals surface area contributed by atoms with Crippen LogP contribution in [-0.2, 0) is 4.79 Å². The van der Waals surface area contributed by atoms with Crippen LogP contribution in [0.25, 0.3) is 0 Å². The fourth-order valence-electron chi connectivity index (χ4n) is 1.60. The van der Waals surface area contributed by atoms with Crippen molar-refractivity contribution in [1.82, 2.24) is 5.32 Å². The number of carbonyl (C=O) groups is 1. The summed E-state index contributed by atoms with van der Waals surface area (Å²) in [6, 6.07) is 9.56. The molecule has 0 heterocycles. The van der Waals surface area contributed by atoms with Gasteiger partial charge >= 0.3 is 0 Å². The van der Waals surface area contributed by atoms with Crippen molar-refractivity contribution in [3.8, 4) is 0 Å². The first-order chi connectivity index (χ1) is 9.50. The van der Waals surface area contributed by atoms with E-state index in [1.54, 1.807) is 11.9 Å². The number of aliphatic imine (C=N–C) groups is 1. The van der Waals surface area contributed by atoms with E-state index >= 15 is 0 Å². The molecular formula is C15H25IN4O. The van der Waals surface area contributed by atoms with Crippen LogP contribution in [0.2, 0.25) is 0 Å². The van der Waals surface area contributed by atoms with Gasteiger partial charge in [-0.2, -0.15) is 0 Å². The van der Waals surface area contributed by atoms with Crippen LogP contribution >= 0.6 is 24.0 Å². The Morgan fingerprint density at radius 2 is 1.95 bits per heavy atom. The number of amides is 1. The highest BCUT2D eigenvalue weighted by molar-refractivity contribution is 14.0. The Labute approximate surface area is 144 Å². The molecule has 0 radical (unpaired) electrons. The molecule has 118 valence electrons. The number of guanidine groups is 1. The third kappa shape index (κ3) is 7.89. The lowest BCUT2D eigenvalue weighted by Crippen LogP contribution is -2.36. The predicted molar refractivity (Wildman–Crippen MR) is 99.2 cm³/mol. The van der Waals surface area contributed by atoms with Crippen molar-refractivity contribution >= 4 is 41.5 Å². The molecule has 1 rings (SSSR count). The van der Waals surface area contributed by atoms with Gasteiger partial charge in [0.25, 0.3) is 0 Å². The average molecular weight is 404 g/mol. The van der Waals surface area contributed by atoms with E-state index in [9.17, 15) is 4.79 Å². The van der Waals surface area contributed by atoms with Crippen LogP contribution in [0.15, 0.2) is 35.3 Å². The first-order valence-electron chi connectivity index (χ1n) is 6.86. The summed E-state index contributed by atoms with van der Waals surface area (Å²) in [6.45, 7) is 5.34. The molecule has 3 N–H and O–H groups in total. The van der Waals surface area contributed by atoms with Gasteiger partial charge in [0.15, 0.2) is 5.96 Å². The first-order valence-corrected chi connectivity index (χ1v) is 6.86. The number of nitrogens with zero attached hydrogens (tertiary/aromatic N) is 2. The van der Waals surface area contributed by atoms with Gasteiger partial charge in [-0.3, -0.25) is 9.79 Å². The van der Waals surface area contributed by atoms with Crippen molar-refractivity contribution in [2.45, 2.75) is 20.3 Å². The van der Waals surface area contributed by atoms with Crippen molar-refractivity contribution in [3.63, 3.8) is 0 Å². The van der Waals surface area contributed by atoms with Crippen molar-refractivity contribution in [2.24, 2.45) is 16.6 Å². The number of nitrogens with two attached hydrogens (primary N) is 1. The molecule has 1 amide bonds. The van der Waals surface area contributed by atoms with Crippen LogP contribution in [0.4, 0.5) is 5.69 Å². The SMILES string of the molecule is CC(C)CN=C(N)NCCC(=O)N(C)c1ccccc1.I. The zero-order chi connectivity index (χ0) is 15.0. The lowest BCUT2D eigenvalue weighted by molar-refractivity contribution is -0.118. The van der Waals surface area contributed by atoms with Gasteiger partial charge in [0, 0.05) is 32.2 Å². The van der Waals surface area contributed by atoms with Crippen molar-refractivity contribution < 1.29 is 4.79 Å². The van der Waals surface area contributed by atoms with E-state index < -0.39 is 0 Å². The third-order valence-electron chi connectivity index (χ3n) is 2.79. The topological polar surface area (TPSA) is 70.7 Å². The van der Waals surface area contributed by atoms with Crippen LogP contribution in [0.3, 0.4) is 0 Å². The molecule has 0 bridgehead atoms. The second-order valence-electron chi connectivity index (χ2n) is 5.08. The summed E-state index contributed by atoms with van der Waals surface area (Å²) in [7, 11) is 1.77. The highest BCUT2D eigenvalue weighted by atomic mass is 127. The minimum absolute atomic E-state index is 0. The van der Waals surface area contributed by atoms with Gasteiger partial charge in [-0.05, 0) is 18.1 Å². The number of benzene rings is 1. The molecule has 1 aromatic carbocycles. The van der Waals surface area contributed by atoms with E-state index in [1.807, 2.05) is 30.3 Å². The Bertz CT molecular complexity index is 448. The van der Waals surface area contributed by atoms with Gasteiger partial charge in [0.05, 0.1) is 0 Å². The number of nitrogens with one attached hydrogen (secondary N) is 1. The molecule has 6 heteroatoms. The zero-order valence-electron chi connectivity index (χ0n) is 12.9. The number of anilines is 1. The minimum Gasteiger partial charge on any atom is -0.370 e. The van der Waals surface area contributed by atoms with Crippen LogP contribution in [0.5, 0.6) is 0 Å². The van der Waals surface area contributed by atoms with Crippen LogP contribution < -0.4 is 16.0 Å². The molecule has 0 aliphatic rings. The van der Waals surface area contributed by atoms with E-state index in [1.165, 1.54) is 0 Å². The first kappa shape index (κ1) is 19.7. The molecule has 0 fully saturated rings. The predicted octanol–water partition coefficient (Wildman–Crippen LogP) is 2.22. The third-order valence-corrected chi connectivity index (χ3v) is 2.79. The largest absolute Gasteiger partial charge is 0.370 e. The van der Waals surface area contributed by atoms with Gasteiger partial charge in [-0.15, -0.1) is 24.0 Å². The fourth-order valence-corrected chi connectivity index (χ4v) is 1.60. The second-order valence-corrected chi connectivity index (χ2v) is 5.08. The lowest BCUT2D eigenvalue weighted by Gasteiger charge is -2.17. The number of hydrogen-bond donors (Lipinski definition) is 2. The highest BCUT2D eigenvalue weighted by Crippen LogP contribution is 2.11. The zero-order valence-corrected chi connectivity index (χ0v) is 15.2. The molecule has 21 heavy (non-hydrogen) atoms. The molecule has 0 aliphatic heterocycles. The number of carbonyl (C=O) groups excluding carboxylic acids is 1. The van der Waals surface area contributed by atoms with E-state index in [-0.39, 0.29) is 29.9 Å². The van der Waals surface area contributed by atoms with Gasteiger partial charge in [0.2, 0.25) is 5.91 Å². The van der Waals surface area contributed by atoms with E-state index in [0.717, 1.165) is 5.69 Å². The van der Waals surface area contributed by atoms with Crippen LogP contribution in [-0.4, -0.2) is 32.0 Å². The van der Waals surface area contributed by atoms with Crippen molar-refractivity contribution in [2.75, 3.05) is 25.0 Å². The maximum Gasteiger partial charge on any atom is 0.228 e. The Balaban J connectivity index is 0.00000400. The summed E-state index contributed by atoms with van der Waals surface area (Å²) in [5.41, 5.74) is 6.60. The van der Waals surface area contributed by atoms with Gasteiger partial charge in [-0.1, -0.05) is 32.0 Å². The number of para-hydroxylation sites is 1. The molecule has 0 saturated carbocycles. The van der Waals surface area contributed by atoms with E-state index in [2.05, 4.69) is 24.2 Å². The normalized spacial score (nSPS) is 11.0. The van der Waals surface area contributed by atoms with E-state index in [0.29, 0.717) is 31.4 Å². The fraction of sp³-hybridized carbons (Fsp3) is 0.467. The smallest absolute Gasteiger partial charge is 0.228 e. The summed E-state index contributed by atoms with van der Waals surface area (Å²) in [5, 5.41) is 2.96. The quantitative estimate of drug-likeness (QED) is 0.434. The van der Waals surface area contributed by atoms with Crippen molar-refractivity contribution in [3.05, 3.63) is 30.3 Å². The molecule has 0 spiro atoms. The Morgan fingerprint density at radius 3 is 2.52 bits per heavy atom. The summed E-state index contributed by atoms with van der Waals surface area (Å²) < 4.78 is 0. The number of halogens is 1. The second kappa shape index (κ2) is 10.4. The Kier molecular flexibility index (Phi) is 9.77. The molecule has 0 atom stereocenters. The maximum absolute atomic E-state index is 12.0. The number of hydrogen-bond acceptors (Lipinski definition) is 2. The number of rotatable bonds is 6. The van der Waals surface area contributed by atoms with Crippen LogP contribution in [0, 0.1) is 5.92 Å². The lowest BCUT2D eigenvalue weighted by atomic mass is 10.2. The molecule has 0 aromatic heterocycles. The van der Waals surface area contributed by atoms with E-state index in [4.69, 9.17) is 5.73 Å². The van der Waals surface area contributed by atoms with Gasteiger partial charge in [-0.25, -0.2) is 0 Å². The molecule has 0 aliphatic carbocycles. The van der Waals surface area contributed by atoms with Gasteiger partial charge in [0.1, 0.15) is 0 Å². The summed E-state index contributed by atoms with van der Waals surface area (Å²) in [5.74, 6) is 0.912. The monoisotopic (exact) mass is 404 g/mol. The molecule has 0 saturated heterocycles.